The van der Waals surface area contributed by atoms with E-state index in [9.17, 15) is 18.5 Å². The Hall–Kier alpha value is -1.67. The number of nitro groups is 1. The molecule has 20 heavy (non-hydrogen) atoms. The summed E-state index contributed by atoms with van der Waals surface area (Å²) in [6.07, 6.45) is 0.737. The SMILES string of the molecule is Cc1cc([N+](=O)[O-])cc(S(N)(=O)=O)c1OCCC(C)C. The fraction of sp³-hybridized carbons (Fsp3) is 0.500. The molecule has 0 saturated heterocycles. The van der Waals surface area contributed by atoms with Crippen molar-refractivity contribution in [2.24, 2.45) is 11.1 Å². The van der Waals surface area contributed by atoms with Crippen LogP contribution < -0.4 is 9.88 Å². The van der Waals surface area contributed by atoms with E-state index in [1.54, 1.807) is 6.92 Å². The monoisotopic (exact) mass is 302 g/mol. The number of benzene rings is 1. The minimum atomic E-state index is -4.09. The standard InChI is InChI=1S/C12H18N2O5S/c1-8(2)4-5-19-12-9(3)6-10(14(15)16)7-11(12)20(13,17)18/h6-8H,4-5H2,1-3H3,(H2,13,17,18). The van der Waals surface area contributed by atoms with Crippen LogP contribution in [0.1, 0.15) is 25.8 Å². The molecule has 0 aliphatic heterocycles. The number of hydrogen-bond acceptors (Lipinski definition) is 5. The molecule has 0 aromatic heterocycles. The molecule has 8 heteroatoms. The first-order chi connectivity index (χ1) is 9.12. The summed E-state index contributed by atoms with van der Waals surface area (Å²) in [7, 11) is -4.09. The maximum atomic E-state index is 11.6. The van der Waals surface area contributed by atoms with E-state index >= 15 is 0 Å². The number of nitro benzene ring substituents is 1. The molecule has 112 valence electrons. The normalized spacial score (nSPS) is 11.7. The summed E-state index contributed by atoms with van der Waals surface area (Å²) in [5, 5.41) is 15.9. The molecule has 1 rings (SSSR count). The largest absolute Gasteiger partial charge is 0.492 e. The molecule has 0 aliphatic rings. The predicted octanol–water partition coefficient (Wildman–Crippen LogP) is 1.98. The first-order valence-corrected chi connectivity index (χ1v) is 7.62. The van der Waals surface area contributed by atoms with Crippen molar-refractivity contribution in [3.05, 3.63) is 27.8 Å². The highest BCUT2D eigenvalue weighted by Gasteiger charge is 2.22. The van der Waals surface area contributed by atoms with Gasteiger partial charge in [-0.05, 0) is 24.8 Å². The highest BCUT2D eigenvalue weighted by molar-refractivity contribution is 7.89. The molecule has 0 amide bonds. The lowest BCUT2D eigenvalue weighted by Crippen LogP contribution is -2.15. The second kappa shape index (κ2) is 6.19. The number of primary sulfonamides is 1. The molecule has 0 saturated carbocycles. The van der Waals surface area contributed by atoms with Crippen molar-refractivity contribution >= 4 is 15.7 Å². The topological polar surface area (TPSA) is 113 Å². The Bertz CT molecular complexity index is 611. The van der Waals surface area contributed by atoms with E-state index in [4.69, 9.17) is 9.88 Å². The van der Waals surface area contributed by atoms with Gasteiger partial charge in [0.05, 0.1) is 11.5 Å². The highest BCUT2D eigenvalue weighted by Crippen LogP contribution is 2.32. The van der Waals surface area contributed by atoms with Crippen molar-refractivity contribution in [3.63, 3.8) is 0 Å². The molecule has 0 radical (unpaired) electrons. The number of ether oxygens (including phenoxy) is 1. The van der Waals surface area contributed by atoms with Gasteiger partial charge in [-0.25, -0.2) is 13.6 Å². The molecular formula is C12H18N2O5S. The van der Waals surface area contributed by atoms with Crippen molar-refractivity contribution in [1.82, 2.24) is 0 Å². The number of rotatable bonds is 6. The Morgan fingerprint density at radius 1 is 1.40 bits per heavy atom. The molecule has 0 heterocycles. The van der Waals surface area contributed by atoms with Gasteiger partial charge in [0.1, 0.15) is 10.6 Å². The van der Waals surface area contributed by atoms with Gasteiger partial charge >= 0.3 is 0 Å². The van der Waals surface area contributed by atoms with Crippen LogP contribution in [-0.4, -0.2) is 19.9 Å². The van der Waals surface area contributed by atoms with Crippen LogP contribution in [-0.2, 0) is 10.0 Å². The third-order valence-electron chi connectivity index (χ3n) is 2.68. The van der Waals surface area contributed by atoms with Crippen LogP contribution in [0.5, 0.6) is 5.75 Å². The second-order valence-corrected chi connectivity index (χ2v) is 6.45. The lowest BCUT2D eigenvalue weighted by molar-refractivity contribution is -0.385. The quantitative estimate of drug-likeness (QED) is 0.637. The van der Waals surface area contributed by atoms with E-state index in [0.717, 1.165) is 12.5 Å². The van der Waals surface area contributed by atoms with Crippen LogP contribution in [0, 0.1) is 23.0 Å². The summed E-state index contributed by atoms with van der Waals surface area (Å²) in [5.41, 5.74) is 0.0368. The molecule has 0 aliphatic carbocycles. The van der Waals surface area contributed by atoms with Crippen LogP contribution in [0.3, 0.4) is 0 Å². The van der Waals surface area contributed by atoms with Crippen LogP contribution in [0.25, 0.3) is 0 Å². The zero-order valence-corrected chi connectivity index (χ0v) is 12.4. The van der Waals surface area contributed by atoms with Crippen molar-refractivity contribution in [2.45, 2.75) is 32.1 Å². The van der Waals surface area contributed by atoms with E-state index in [2.05, 4.69) is 0 Å². The van der Waals surface area contributed by atoms with Gasteiger partial charge in [0.25, 0.3) is 5.69 Å². The van der Waals surface area contributed by atoms with Crippen LogP contribution in [0.15, 0.2) is 17.0 Å². The van der Waals surface area contributed by atoms with Gasteiger partial charge in [-0.1, -0.05) is 13.8 Å². The summed E-state index contributed by atoms with van der Waals surface area (Å²) in [5.74, 6) is 0.477. The molecule has 1 aromatic carbocycles. The number of non-ortho nitro benzene ring substituents is 1. The summed E-state index contributed by atoms with van der Waals surface area (Å²) in [6.45, 7) is 5.88. The first-order valence-electron chi connectivity index (χ1n) is 6.07. The minimum absolute atomic E-state index is 0.0822. The van der Waals surface area contributed by atoms with Gasteiger partial charge in [-0.15, -0.1) is 0 Å². The Balaban J connectivity index is 3.24. The van der Waals surface area contributed by atoms with Gasteiger partial charge in [-0.2, -0.15) is 0 Å². The van der Waals surface area contributed by atoms with Gasteiger partial charge < -0.3 is 4.74 Å². The molecule has 0 bridgehead atoms. The molecular weight excluding hydrogens is 284 g/mol. The molecule has 1 aromatic rings. The smallest absolute Gasteiger partial charge is 0.271 e. The predicted molar refractivity (Wildman–Crippen MR) is 74.2 cm³/mol. The third kappa shape index (κ3) is 4.17. The number of aryl methyl sites for hydroxylation is 1. The summed E-state index contributed by atoms with van der Waals surface area (Å²) in [4.78, 5) is 9.76. The van der Waals surface area contributed by atoms with Gasteiger partial charge in [0.2, 0.25) is 10.0 Å². The van der Waals surface area contributed by atoms with Crippen molar-refractivity contribution in [3.8, 4) is 5.75 Å². The van der Waals surface area contributed by atoms with E-state index in [-0.39, 0.29) is 16.3 Å². The summed E-state index contributed by atoms with van der Waals surface area (Å²) >= 11 is 0. The second-order valence-electron chi connectivity index (χ2n) is 4.92. The molecule has 7 nitrogen and oxygen atoms in total. The molecule has 0 unspecified atom stereocenters. The lowest BCUT2D eigenvalue weighted by Gasteiger charge is -2.13. The van der Waals surface area contributed by atoms with E-state index in [1.165, 1.54) is 6.07 Å². The minimum Gasteiger partial charge on any atom is -0.492 e. The maximum Gasteiger partial charge on any atom is 0.271 e. The Morgan fingerprint density at radius 3 is 2.45 bits per heavy atom. The zero-order valence-electron chi connectivity index (χ0n) is 11.6. The lowest BCUT2D eigenvalue weighted by atomic mass is 10.1. The molecule has 0 atom stereocenters. The average Bonchev–Trinajstić information content (AvgIpc) is 2.28. The van der Waals surface area contributed by atoms with Crippen molar-refractivity contribution < 1.29 is 18.1 Å². The number of sulfonamides is 1. The van der Waals surface area contributed by atoms with Crippen LogP contribution >= 0.6 is 0 Å². The van der Waals surface area contributed by atoms with E-state index < -0.39 is 14.9 Å². The van der Waals surface area contributed by atoms with E-state index in [0.29, 0.717) is 18.1 Å². The van der Waals surface area contributed by atoms with Crippen LogP contribution in [0.2, 0.25) is 0 Å². The summed E-state index contributed by atoms with van der Waals surface area (Å²) < 4.78 is 28.6. The van der Waals surface area contributed by atoms with Gasteiger partial charge in [0, 0.05) is 12.1 Å². The zero-order chi connectivity index (χ0) is 15.5. The summed E-state index contributed by atoms with van der Waals surface area (Å²) in [6, 6.07) is 2.19. The number of hydrogen-bond donors (Lipinski definition) is 1. The van der Waals surface area contributed by atoms with Gasteiger partial charge in [-0.3, -0.25) is 10.1 Å². The third-order valence-corrected chi connectivity index (χ3v) is 3.60. The number of nitrogens with zero attached hydrogens (tertiary/aromatic N) is 1. The van der Waals surface area contributed by atoms with Gasteiger partial charge in [0.15, 0.2) is 0 Å². The number of nitrogens with two attached hydrogens (primary N) is 1. The molecule has 0 fully saturated rings. The fourth-order valence-corrected chi connectivity index (χ4v) is 2.38. The maximum absolute atomic E-state index is 11.6. The van der Waals surface area contributed by atoms with Crippen LogP contribution in [0.4, 0.5) is 5.69 Å². The fourth-order valence-electron chi connectivity index (χ4n) is 1.62. The van der Waals surface area contributed by atoms with Crippen molar-refractivity contribution in [1.29, 1.82) is 0 Å². The average molecular weight is 302 g/mol. The first kappa shape index (κ1) is 16.4. The Kier molecular flexibility index (Phi) is 5.07. The molecule has 0 spiro atoms. The molecule has 2 N–H and O–H groups in total. The Morgan fingerprint density at radius 2 is 2.00 bits per heavy atom. The Labute approximate surface area is 117 Å². The van der Waals surface area contributed by atoms with E-state index in [1.807, 2.05) is 13.8 Å². The van der Waals surface area contributed by atoms with Crippen molar-refractivity contribution in [2.75, 3.05) is 6.61 Å². The highest BCUT2D eigenvalue weighted by atomic mass is 32.2.